The summed E-state index contributed by atoms with van der Waals surface area (Å²) in [6.07, 6.45) is 0.665. The van der Waals surface area contributed by atoms with Gasteiger partial charge in [-0.2, -0.15) is 5.10 Å². The van der Waals surface area contributed by atoms with Crippen LogP contribution in [0.1, 0.15) is 68.0 Å². The Balaban J connectivity index is 1.43. The molecule has 1 fully saturated rings. The summed E-state index contributed by atoms with van der Waals surface area (Å²) in [5.41, 5.74) is 3.00. The fraction of sp³-hybridized carbons (Fsp3) is 0.400. The first-order chi connectivity index (χ1) is 15.4. The molecule has 32 heavy (non-hydrogen) atoms. The third kappa shape index (κ3) is 3.74. The topological polar surface area (TPSA) is 106 Å². The summed E-state index contributed by atoms with van der Waals surface area (Å²) < 4.78 is 27.1. The summed E-state index contributed by atoms with van der Waals surface area (Å²) in [4.78, 5) is 32.4. The van der Waals surface area contributed by atoms with Crippen LogP contribution in [0.5, 0.6) is 0 Å². The Bertz CT molecular complexity index is 1200. The van der Waals surface area contributed by atoms with E-state index in [9.17, 15) is 18.4 Å². The van der Waals surface area contributed by atoms with E-state index >= 15 is 0 Å². The van der Waals surface area contributed by atoms with Gasteiger partial charge in [-0.3, -0.25) is 24.6 Å². The molecule has 0 atom stereocenters. The van der Waals surface area contributed by atoms with Gasteiger partial charge in [0.05, 0.1) is 18.8 Å². The van der Waals surface area contributed by atoms with Crippen LogP contribution in [0.4, 0.5) is 13.9 Å². The van der Waals surface area contributed by atoms with E-state index < -0.39 is 17.3 Å². The van der Waals surface area contributed by atoms with Gasteiger partial charge in [0.15, 0.2) is 10.7 Å². The molecule has 0 radical (unpaired) electrons. The van der Waals surface area contributed by atoms with Gasteiger partial charge in [-0.1, -0.05) is 17.4 Å². The van der Waals surface area contributed by atoms with E-state index in [4.69, 9.17) is 0 Å². The van der Waals surface area contributed by atoms with Gasteiger partial charge in [-0.25, -0.2) is 8.78 Å². The minimum atomic E-state index is -2.76. The number of rotatable bonds is 6. The number of alkyl halides is 2. The monoisotopic (exact) mass is 459 g/mol. The fourth-order valence-electron chi connectivity index (χ4n) is 3.80. The predicted octanol–water partition coefficient (Wildman–Crippen LogP) is 3.16. The van der Waals surface area contributed by atoms with E-state index in [1.807, 2.05) is 19.1 Å². The first kappa shape index (κ1) is 20.6. The third-order valence-electron chi connectivity index (χ3n) is 5.57. The molecule has 166 valence electrons. The summed E-state index contributed by atoms with van der Waals surface area (Å²) in [5.74, 6) is -0.692. The van der Waals surface area contributed by atoms with E-state index in [1.54, 1.807) is 15.8 Å². The van der Waals surface area contributed by atoms with E-state index in [2.05, 4.69) is 25.6 Å². The van der Waals surface area contributed by atoms with Crippen LogP contribution < -0.4 is 5.32 Å². The number of aromatic nitrogens is 5. The van der Waals surface area contributed by atoms with Crippen molar-refractivity contribution in [1.82, 2.24) is 29.9 Å². The molecule has 0 saturated heterocycles. The van der Waals surface area contributed by atoms with Crippen LogP contribution in [-0.4, -0.2) is 48.2 Å². The quantitative estimate of drug-likeness (QED) is 0.607. The number of carbonyl (C=O) groups is 2. The van der Waals surface area contributed by atoms with Gasteiger partial charge in [-0.15, -0.1) is 10.2 Å². The van der Waals surface area contributed by atoms with Crippen LogP contribution in [0, 0.1) is 6.92 Å². The zero-order chi connectivity index (χ0) is 22.4. The van der Waals surface area contributed by atoms with E-state index in [0.29, 0.717) is 42.2 Å². The lowest BCUT2D eigenvalue weighted by Gasteiger charge is -2.28. The van der Waals surface area contributed by atoms with Gasteiger partial charge in [0.2, 0.25) is 5.13 Å². The minimum Gasteiger partial charge on any atom is -0.330 e. The largest absolute Gasteiger partial charge is 0.330 e. The Labute approximate surface area is 185 Å². The molecular weight excluding hydrogens is 440 g/mol. The van der Waals surface area contributed by atoms with Crippen molar-refractivity contribution in [3.05, 3.63) is 51.5 Å². The summed E-state index contributed by atoms with van der Waals surface area (Å²) >= 11 is 0.611. The lowest BCUT2D eigenvalue weighted by molar-refractivity contribution is 0.0679. The molecule has 1 N–H and O–H groups in total. The maximum Gasteiger partial charge on any atom is 0.291 e. The second-order valence-electron chi connectivity index (χ2n) is 7.80. The first-order valence-electron chi connectivity index (χ1n) is 10.2. The Morgan fingerprint density at radius 3 is 2.81 bits per heavy atom. The van der Waals surface area contributed by atoms with Gasteiger partial charge in [0.25, 0.3) is 18.2 Å². The Morgan fingerprint density at radius 1 is 1.31 bits per heavy atom. The number of nitrogens with zero attached hydrogens (tertiary/aromatic N) is 6. The minimum absolute atomic E-state index is 0.0309. The lowest BCUT2D eigenvalue weighted by atomic mass is 10.0. The zero-order valence-corrected chi connectivity index (χ0v) is 17.9. The lowest BCUT2D eigenvalue weighted by Crippen LogP contribution is -2.40. The molecule has 0 bridgehead atoms. The smallest absolute Gasteiger partial charge is 0.291 e. The number of anilines is 1. The second-order valence-corrected chi connectivity index (χ2v) is 8.81. The predicted molar refractivity (Wildman–Crippen MR) is 111 cm³/mol. The highest BCUT2D eigenvalue weighted by molar-refractivity contribution is 7.15. The molecule has 9 nitrogen and oxygen atoms in total. The number of pyridine rings is 1. The SMILES string of the molecule is Cc1cccnc1CN1CCn2nc(C(=O)Nc3nnc(C(F)F)s3)c(C3CC3)c2C1=O. The van der Waals surface area contributed by atoms with Gasteiger partial charge < -0.3 is 4.90 Å². The van der Waals surface area contributed by atoms with Crippen molar-refractivity contribution in [2.24, 2.45) is 0 Å². The van der Waals surface area contributed by atoms with Crippen LogP contribution in [0.2, 0.25) is 0 Å². The van der Waals surface area contributed by atoms with E-state index in [-0.39, 0.29) is 22.7 Å². The van der Waals surface area contributed by atoms with Crippen LogP contribution in [0.25, 0.3) is 0 Å². The number of hydrogen-bond donors (Lipinski definition) is 1. The van der Waals surface area contributed by atoms with E-state index in [0.717, 1.165) is 24.1 Å². The molecule has 12 heteroatoms. The Kier molecular flexibility index (Phi) is 5.16. The normalized spacial score (nSPS) is 15.9. The highest BCUT2D eigenvalue weighted by Crippen LogP contribution is 2.44. The number of nitrogens with one attached hydrogen (secondary N) is 1. The molecule has 3 aromatic heterocycles. The van der Waals surface area contributed by atoms with Crippen molar-refractivity contribution in [3.63, 3.8) is 0 Å². The molecule has 1 aliphatic carbocycles. The maximum atomic E-state index is 13.4. The van der Waals surface area contributed by atoms with E-state index in [1.165, 1.54) is 0 Å². The first-order valence-corrected chi connectivity index (χ1v) is 11.0. The van der Waals surface area contributed by atoms with Crippen LogP contribution in [0.3, 0.4) is 0 Å². The zero-order valence-electron chi connectivity index (χ0n) is 17.1. The van der Waals surface area contributed by atoms with Crippen molar-refractivity contribution in [1.29, 1.82) is 0 Å². The van der Waals surface area contributed by atoms with Crippen LogP contribution >= 0.6 is 11.3 Å². The molecular formula is C20H19F2N7O2S. The number of fused-ring (bicyclic) bond motifs is 1. The van der Waals surface area contributed by atoms with Crippen molar-refractivity contribution in [3.8, 4) is 0 Å². The highest BCUT2D eigenvalue weighted by atomic mass is 32.1. The standard InChI is InChI=1S/C20H19F2N7O2S/c1-10-3-2-6-23-12(10)9-28-7-8-29-15(19(28)31)13(11-4-5-11)14(27-29)17(30)24-20-26-25-18(32-20)16(21)22/h2-3,6,11,16H,4-5,7-9H2,1H3,(H,24,26,30). The summed E-state index contributed by atoms with van der Waals surface area (Å²) in [6, 6.07) is 3.80. The summed E-state index contributed by atoms with van der Waals surface area (Å²) in [6.45, 7) is 3.23. The number of halogens is 2. The summed E-state index contributed by atoms with van der Waals surface area (Å²) in [5, 5.41) is 13.4. The molecule has 2 aliphatic rings. The summed E-state index contributed by atoms with van der Waals surface area (Å²) in [7, 11) is 0. The Morgan fingerprint density at radius 2 is 2.12 bits per heavy atom. The molecule has 3 aromatic rings. The van der Waals surface area contributed by atoms with Crippen molar-refractivity contribution in [2.75, 3.05) is 11.9 Å². The van der Waals surface area contributed by atoms with Gasteiger partial charge >= 0.3 is 0 Å². The molecule has 0 unspecified atom stereocenters. The molecule has 0 spiro atoms. The number of aryl methyl sites for hydroxylation is 1. The molecule has 4 heterocycles. The fourth-order valence-corrected chi connectivity index (χ4v) is 4.40. The van der Waals surface area contributed by atoms with Crippen molar-refractivity contribution < 1.29 is 18.4 Å². The molecule has 1 saturated carbocycles. The van der Waals surface area contributed by atoms with Crippen LogP contribution in [0.15, 0.2) is 18.3 Å². The number of amides is 2. The molecule has 2 amide bonds. The van der Waals surface area contributed by atoms with Gasteiger partial charge in [0.1, 0.15) is 5.69 Å². The highest BCUT2D eigenvalue weighted by Gasteiger charge is 2.40. The molecule has 1 aliphatic heterocycles. The maximum absolute atomic E-state index is 13.4. The van der Waals surface area contributed by atoms with Gasteiger partial charge in [0, 0.05) is 18.3 Å². The second kappa shape index (κ2) is 8.01. The number of carbonyl (C=O) groups excluding carboxylic acids is 2. The average molecular weight is 459 g/mol. The number of hydrogen-bond acceptors (Lipinski definition) is 7. The average Bonchev–Trinajstić information content (AvgIpc) is 3.35. The van der Waals surface area contributed by atoms with Gasteiger partial charge in [-0.05, 0) is 37.3 Å². The van der Waals surface area contributed by atoms with Crippen molar-refractivity contribution >= 4 is 28.3 Å². The van der Waals surface area contributed by atoms with Crippen molar-refractivity contribution in [2.45, 2.75) is 45.2 Å². The third-order valence-corrected chi connectivity index (χ3v) is 6.41. The molecule has 5 rings (SSSR count). The van der Waals surface area contributed by atoms with Crippen LogP contribution in [-0.2, 0) is 13.1 Å². The molecule has 0 aromatic carbocycles. The Hall–Kier alpha value is -3.28.